The van der Waals surface area contributed by atoms with Crippen LogP contribution in [0.1, 0.15) is 33.8 Å². The van der Waals surface area contributed by atoms with E-state index in [1.807, 2.05) is 24.3 Å². The number of aromatic carboxylic acids is 1. The fourth-order valence-corrected chi connectivity index (χ4v) is 4.07. The van der Waals surface area contributed by atoms with Gasteiger partial charge >= 0.3 is 12.1 Å². The molecule has 1 aliphatic rings. The van der Waals surface area contributed by atoms with Gasteiger partial charge in [0.1, 0.15) is 12.2 Å². The molecular weight excluding hydrogens is 452 g/mol. The first kappa shape index (κ1) is 24.0. The lowest BCUT2D eigenvalue weighted by Crippen LogP contribution is -2.29. The number of carboxylic acid groups (broad SMARTS) is 1. The maximum Gasteiger partial charge on any atom is 0.407 e. The number of amides is 2. The molecule has 0 fully saturated rings. The van der Waals surface area contributed by atoms with Crippen molar-refractivity contribution in [3.63, 3.8) is 0 Å². The predicted octanol–water partition coefficient (Wildman–Crippen LogP) is 3.00. The lowest BCUT2D eigenvalue weighted by molar-refractivity contribution is -0.117. The first-order valence-electron chi connectivity index (χ1n) is 11.2. The van der Waals surface area contributed by atoms with Gasteiger partial charge in [0.05, 0.1) is 19.6 Å². The molecule has 1 aromatic heterocycles. The second-order valence-corrected chi connectivity index (χ2v) is 8.03. The SMILES string of the molecule is Cn1cc(C(=O)O)c(NC(=O)CCOCCNC(=O)OCC2c3ccccc3-c3ccccc32)n1. The molecule has 10 heteroatoms. The summed E-state index contributed by atoms with van der Waals surface area (Å²) in [6.07, 6.45) is 0.786. The molecular formula is C25H26N4O6. The molecule has 182 valence electrons. The van der Waals surface area contributed by atoms with Crippen LogP contribution in [0.3, 0.4) is 0 Å². The number of nitrogens with one attached hydrogen (secondary N) is 2. The number of rotatable bonds is 10. The Morgan fingerprint density at radius 2 is 1.69 bits per heavy atom. The summed E-state index contributed by atoms with van der Waals surface area (Å²) in [5.41, 5.74) is 4.52. The van der Waals surface area contributed by atoms with Crippen molar-refractivity contribution >= 4 is 23.8 Å². The van der Waals surface area contributed by atoms with Crippen LogP contribution in [0.15, 0.2) is 54.7 Å². The number of anilines is 1. The monoisotopic (exact) mass is 478 g/mol. The number of alkyl carbamates (subject to hydrolysis) is 1. The van der Waals surface area contributed by atoms with Crippen LogP contribution in [-0.2, 0) is 21.3 Å². The standard InChI is InChI=1S/C25H26N4O6/c1-29-14-20(24(31)32)23(28-29)27-22(30)10-12-34-13-11-26-25(33)35-15-21-18-8-4-2-6-16(18)17-7-3-5-9-19(17)21/h2-9,14,21H,10-13,15H2,1H3,(H,26,33)(H,31,32)(H,27,28,30). The van der Waals surface area contributed by atoms with Gasteiger partial charge in [0.25, 0.3) is 0 Å². The van der Waals surface area contributed by atoms with Gasteiger partial charge in [0.15, 0.2) is 5.82 Å². The molecule has 3 aromatic rings. The van der Waals surface area contributed by atoms with Crippen LogP contribution in [-0.4, -0.2) is 59.2 Å². The van der Waals surface area contributed by atoms with E-state index in [-0.39, 0.29) is 50.1 Å². The van der Waals surface area contributed by atoms with Gasteiger partial charge in [-0.25, -0.2) is 9.59 Å². The van der Waals surface area contributed by atoms with E-state index in [0.29, 0.717) is 0 Å². The molecule has 0 spiro atoms. The van der Waals surface area contributed by atoms with Crippen LogP contribution >= 0.6 is 0 Å². The average Bonchev–Trinajstić information content (AvgIpc) is 3.37. The molecule has 3 N–H and O–H groups in total. The van der Waals surface area contributed by atoms with Crippen molar-refractivity contribution in [2.75, 3.05) is 31.7 Å². The Balaban J connectivity index is 1.14. The topological polar surface area (TPSA) is 132 Å². The molecule has 0 radical (unpaired) electrons. The van der Waals surface area contributed by atoms with Crippen molar-refractivity contribution in [2.45, 2.75) is 12.3 Å². The Kier molecular flexibility index (Phi) is 7.41. The molecule has 0 saturated heterocycles. The molecule has 2 amide bonds. The van der Waals surface area contributed by atoms with Crippen LogP contribution in [0.25, 0.3) is 11.1 Å². The summed E-state index contributed by atoms with van der Waals surface area (Å²) in [7, 11) is 1.56. The first-order valence-corrected chi connectivity index (χ1v) is 11.2. The van der Waals surface area contributed by atoms with E-state index < -0.39 is 18.0 Å². The minimum absolute atomic E-state index is 0.0105. The zero-order valence-electron chi connectivity index (χ0n) is 19.2. The molecule has 4 rings (SSSR count). The van der Waals surface area contributed by atoms with Gasteiger partial charge in [-0.3, -0.25) is 9.48 Å². The second kappa shape index (κ2) is 10.8. The van der Waals surface area contributed by atoms with Crippen LogP contribution in [0, 0.1) is 0 Å². The summed E-state index contributed by atoms with van der Waals surface area (Å²) in [5.74, 6) is -1.62. The maximum atomic E-state index is 12.1. The van der Waals surface area contributed by atoms with Gasteiger partial charge in [0.2, 0.25) is 5.91 Å². The van der Waals surface area contributed by atoms with Crippen LogP contribution in [0.2, 0.25) is 0 Å². The van der Waals surface area contributed by atoms with Crippen molar-refractivity contribution < 1.29 is 29.0 Å². The van der Waals surface area contributed by atoms with E-state index in [1.54, 1.807) is 7.05 Å². The lowest BCUT2D eigenvalue weighted by Gasteiger charge is -2.14. The molecule has 0 aliphatic heterocycles. The van der Waals surface area contributed by atoms with E-state index >= 15 is 0 Å². The molecule has 35 heavy (non-hydrogen) atoms. The van der Waals surface area contributed by atoms with E-state index in [9.17, 15) is 14.4 Å². The zero-order chi connectivity index (χ0) is 24.8. The highest BCUT2D eigenvalue weighted by molar-refractivity contribution is 5.99. The Bertz CT molecular complexity index is 1190. The molecule has 0 atom stereocenters. The highest BCUT2D eigenvalue weighted by atomic mass is 16.5. The van der Waals surface area contributed by atoms with Gasteiger partial charge < -0.3 is 25.2 Å². The highest BCUT2D eigenvalue weighted by Gasteiger charge is 2.28. The average molecular weight is 479 g/mol. The van der Waals surface area contributed by atoms with Crippen molar-refractivity contribution in [1.29, 1.82) is 0 Å². The third kappa shape index (κ3) is 5.67. The molecule has 10 nitrogen and oxygen atoms in total. The molecule has 0 bridgehead atoms. The molecule has 1 aliphatic carbocycles. The van der Waals surface area contributed by atoms with E-state index in [2.05, 4.69) is 40.0 Å². The minimum Gasteiger partial charge on any atom is -0.477 e. The number of nitrogens with zero attached hydrogens (tertiary/aromatic N) is 2. The predicted molar refractivity (Wildman–Crippen MR) is 127 cm³/mol. The van der Waals surface area contributed by atoms with E-state index in [4.69, 9.17) is 14.6 Å². The summed E-state index contributed by atoms with van der Waals surface area (Å²) in [6.45, 7) is 0.753. The lowest BCUT2D eigenvalue weighted by atomic mass is 9.98. The Hall–Kier alpha value is -4.18. The van der Waals surface area contributed by atoms with Crippen LogP contribution in [0.4, 0.5) is 10.6 Å². The van der Waals surface area contributed by atoms with Gasteiger partial charge in [-0.2, -0.15) is 5.10 Å². The zero-order valence-corrected chi connectivity index (χ0v) is 19.2. The number of aromatic nitrogens is 2. The van der Waals surface area contributed by atoms with Crippen molar-refractivity contribution in [2.24, 2.45) is 7.05 Å². The Morgan fingerprint density at radius 3 is 2.34 bits per heavy atom. The summed E-state index contributed by atoms with van der Waals surface area (Å²) in [6, 6.07) is 16.2. The van der Waals surface area contributed by atoms with Crippen molar-refractivity contribution in [3.8, 4) is 11.1 Å². The fraction of sp³-hybridized carbons (Fsp3) is 0.280. The number of hydrogen-bond acceptors (Lipinski definition) is 6. The number of carbonyl (C=O) groups excluding carboxylic acids is 2. The summed E-state index contributed by atoms with van der Waals surface area (Å²) >= 11 is 0. The van der Waals surface area contributed by atoms with Gasteiger partial charge in [0, 0.05) is 25.7 Å². The first-order chi connectivity index (χ1) is 16.9. The van der Waals surface area contributed by atoms with Crippen LogP contribution < -0.4 is 10.6 Å². The number of carbonyl (C=O) groups is 3. The Morgan fingerprint density at radius 1 is 1.03 bits per heavy atom. The largest absolute Gasteiger partial charge is 0.477 e. The van der Waals surface area contributed by atoms with Crippen molar-refractivity contribution in [3.05, 3.63) is 71.4 Å². The van der Waals surface area contributed by atoms with Gasteiger partial charge in [-0.05, 0) is 22.3 Å². The van der Waals surface area contributed by atoms with Gasteiger partial charge in [-0.15, -0.1) is 0 Å². The van der Waals surface area contributed by atoms with Crippen LogP contribution in [0.5, 0.6) is 0 Å². The highest BCUT2D eigenvalue weighted by Crippen LogP contribution is 2.44. The second-order valence-electron chi connectivity index (χ2n) is 8.03. The molecule has 0 unspecified atom stereocenters. The normalized spacial score (nSPS) is 12.0. The third-order valence-electron chi connectivity index (χ3n) is 5.65. The summed E-state index contributed by atoms with van der Waals surface area (Å²) < 4.78 is 12.1. The summed E-state index contributed by atoms with van der Waals surface area (Å²) in [5, 5.41) is 18.1. The quantitative estimate of drug-likeness (QED) is 0.382. The number of aryl methyl sites for hydroxylation is 1. The van der Waals surface area contributed by atoms with Crippen molar-refractivity contribution in [1.82, 2.24) is 15.1 Å². The third-order valence-corrected chi connectivity index (χ3v) is 5.65. The molecule has 2 aromatic carbocycles. The fourth-order valence-electron chi connectivity index (χ4n) is 4.07. The smallest absolute Gasteiger partial charge is 0.407 e. The Labute approximate surface area is 201 Å². The number of carboxylic acids is 1. The number of fused-ring (bicyclic) bond motifs is 3. The molecule has 0 saturated carbocycles. The van der Waals surface area contributed by atoms with E-state index in [0.717, 1.165) is 22.3 Å². The number of ether oxygens (including phenoxy) is 2. The van der Waals surface area contributed by atoms with Gasteiger partial charge in [-0.1, -0.05) is 48.5 Å². The minimum atomic E-state index is -1.18. The van der Waals surface area contributed by atoms with E-state index in [1.165, 1.54) is 10.9 Å². The number of benzene rings is 2. The molecule has 1 heterocycles. The summed E-state index contributed by atoms with van der Waals surface area (Å²) in [4.78, 5) is 35.3. The maximum absolute atomic E-state index is 12.1. The number of hydrogen-bond donors (Lipinski definition) is 3.